The lowest BCUT2D eigenvalue weighted by Gasteiger charge is -2.41. The van der Waals surface area contributed by atoms with Crippen molar-refractivity contribution in [2.24, 2.45) is 5.92 Å². The highest BCUT2D eigenvalue weighted by molar-refractivity contribution is 7.91. The lowest BCUT2D eigenvalue weighted by Crippen LogP contribution is -2.51. The number of alkyl halides is 3. The highest BCUT2D eigenvalue weighted by Crippen LogP contribution is 2.36. The van der Waals surface area contributed by atoms with Gasteiger partial charge in [-0.3, -0.25) is 4.79 Å². The van der Waals surface area contributed by atoms with E-state index < -0.39 is 27.5 Å². The smallest absolute Gasteiger partial charge is 0.353 e. The highest BCUT2D eigenvalue weighted by atomic mass is 32.2. The molecule has 3 aromatic rings. The predicted octanol–water partition coefficient (Wildman–Crippen LogP) is 6.25. The van der Waals surface area contributed by atoms with Crippen molar-refractivity contribution in [3.8, 4) is 0 Å². The van der Waals surface area contributed by atoms with Gasteiger partial charge in [0.25, 0.3) is 0 Å². The van der Waals surface area contributed by atoms with Crippen molar-refractivity contribution in [3.05, 3.63) is 59.4 Å². The van der Waals surface area contributed by atoms with Crippen molar-refractivity contribution in [2.75, 3.05) is 12.8 Å². The third-order valence-corrected chi connectivity index (χ3v) is 11.2. The molecule has 0 unspecified atom stereocenters. The summed E-state index contributed by atoms with van der Waals surface area (Å²) < 4.78 is 67.6. The van der Waals surface area contributed by atoms with Crippen LogP contribution in [-0.4, -0.2) is 60.1 Å². The van der Waals surface area contributed by atoms with E-state index >= 15 is 0 Å². The standard InChI is InChI=1S/C32H41F3N4O3S/c1-20(2)39(3)24-13-16-27(37-30(40)18-29-36-28-10-6-9-26(31(28)38-29)32(33,34)35)23(17-24)19-43(41,42)25-14-11-22(12-15-25)21-7-4-5-8-21/h6,9-12,14-15,20-21,23-24,27H,4-5,7-8,13,16-19H2,1-3H3,(H,36,38)(H,37,40)/t23-,24+,27-/m0/s1. The van der Waals surface area contributed by atoms with Gasteiger partial charge >= 0.3 is 6.18 Å². The fraction of sp³-hybridized carbons (Fsp3) is 0.562. The number of halogens is 3. The number of carbonyl (C=O) groups excluding carboxylic acids is 1. The minimum Gasteiger partial charge on any atom is -0.353 e. The molecule has 2 aromatic carbocycles. The molecule has 43 heavy (non-hydrogen) atoms. The summed E-state index contributed by atoms with van der Waals surface area (Å²) in [6, 6.07) is 11.1. The highest BCUT2D eigenvalue weighted by Gasteiger charge is 2.37. The third-order valence-electron chi connectivity index (χ3n) is 9.39. The van der Waals surface area contributed by atoms with E-state index in [1.54, 1.807) is 12.1 Å². The summed E-state index contributed by atoms with van der Waals surface area (Å²) in [5.41, 5.74) is 0.309. The Bertz CT molecular complexity index is 1530. The Kier molecular flexibility index (Phi) is 9.23. The van der Waals surface area contributed by atoms with Gasteiger partial charge in [-0.2, -0.15) is 13.2 Å². The molecule has 1 aromatic heterocycles. The number of hydrogen-bond donors (Lipinski definition) is 2. The summed E-state index contributed by atoms with van der Waals surface area (Å²) in [5, 5.41) is 3.01. The van der Waals surface area contributed by atoms with Crippen molar-refractivity contribution >= 4 is 26.8 Å². The number of para-hydroxylation sites is 1. The molecule has 3 atom stereocenters. The molecule has 0 spiro atoms. The van der Waals surface area contributed by atoms with Crippen LogP contribution in [0.15, 0.2) is 47.4 Å². The Hall–Kier alpha value is -2.92. The van der Waals surface area contributed by atoms with Crippen LogP contribution in [0.25, 0.3) is 11.0 Å². The quantitative estimate of drug-likeness (QED) is 0.296. The first-order valence-electron chi connectivity index (χ1n) is 15.2. The number of sulfone groups is 1. The Labute approximate surface area is 251 Å². The van der Waals surface area contributed by atoms with Crippen molar-refractivity contribution in [3.63, 3.8) is 0 Å². The molecule has 11 heteroatoms. The maximum atomic E-state index is 13.6. The number of imidazole rings is 1. The second kappa shape index (κ2) is 12.6. The summed E-state index contributed by atoms with van der Waals surface area (Å²) >= 11 is 0. The Balaban J connectivity index is 1.32. The number of H-pyrrole nitrogens is 1. The van der Waals surface area contributed by atoms with E-state index in [2.05, 4.69) is 34.0 Å². The van der Waals surface area contributed by atoms with Crippen LogP contribution in [0, 0.1) is 5.92 Å². The average molecular weight is 619 g/mol. The molecular weight excluding hydrogens is 577 g/mol. The summed E-state index contributed by atoms with van der Waals surface area (Å²) in [6.07, 6.45) is 1.89. The molecule has 0 saturated heterocycles. The predicted molar refractivity (Wildman–Crippen MR) is 160 cm³/mol. The SMILES string of the molecule is CC(C)N(C)[C@@H]1CC[C@H](NC(=O)Cc2nc3c(C(F)(F)F)cccc3[nH]2)[C@H](CS(=O)(=O)c2ccc(C3CCCC3)cc2)C1. The molecule has 0 bridgehead atoms. The second-order valence-corrected chi connectivity index (χ2v) is 14.6. The number of fused-ring (bicyclic) bond motifs is 1. The molecule has 5 rings (SSSR count). The summed E-state index contributed by atoms with van der Waals surface area (Å²) in [4.78, 5) is 22.6. The molecule has 1 heterocycles. The summed E-state index contributed by atoms with van der Waals surface area (Å²) in [5.74, 6) is -0.201. The minimum atomic E-state index is -4.56. The maximum absolute atomic E-state index is 13.6. The molecule has 2 aliphatic carbocycles. The van der Waals surface area contributed by atoms with E-state index in [-0.39, 0.29) is 53.1 Å². The number of rotatable bonds is 9. The van der Waals surface area contributed by atoms with Gasteiger partial charge in [0.15, 0.2) is 9.84 Å². The van der Waals surface area contributed by atoms with Gasteiger partial charge in [-0.1, -0.05) is 31.0 Å². The van der Waals surface area contributed by atoms with Crippen molar-refractivity contribution in [1.82, 2.24) is 20.2 Å². The first kappa shape index (κ1) is 31.5. The van der Waals surface area contributed by atoms with Gasteiger partial charge in [-0.15, -0.1) is 0 Å². The van der Waals surface area contributed by atoms with Crippen LogP contribution in [0.3, 0.4) is 0 Å². The van der Waals surface area contributed by atoms with Crippen molar-refractivity contribution < 1.29 is 26.4 Å². The van der Waals surface area contributed by atoms with Crippen LogP contribution < -0.4 is 5.32 Å². The van der Waals surface area contributed by atoms with E-state index in [0.717, 1.165) is 25.3 Å². The second-order valence-electron chi connectivity index (χ2n) is 12.6. The minimum absolute atomic E-state index is 0.0945. The van der Waals surface area contributed by atoms with E-state index in [0.29, 0.717) is 23.7 Å². The number of nitrogens with zero attached hydrogens (tertiary/aromatic N) is 2. The van der Waals surface area contributed by atoms with Gasteiger partial charge in [0, 0.05) is 18.1 Å². The molecule has 1 amide bonds. The van der Waals surface area contributed by atoms with Crippen LogP contribution in [0.5, 0.6) is 0 Å². The number of aromatic amines is 1. The topological polar surface area (TPSA) is 95.2 Å². The zero-order valence-electron chi connectivity index (χ0n) is 25.0. The first-order valence-corrected chi connectivity index (χ1v) is 16.9. The van der Waals surface area contributed by atoms with Gasteiger partial charge in [0.2, 0.25) is 5.91 Å². The van der Waals surface area contributed by atoms with Gasteiger partial charge in [-0.05, 0) is 94.7 Å². The fourth-order valence-electron chi connectivity index (χ4n) is 6.80. The summed E-state index contributed by atoms with van der Waals surface area (Å²) in [7, 11) is -1.59. The molecule has 2 saturated carbocycles. The lowest BCUT2D eigenvalue weighted by atomic mass is 9.81. The zero-order valence-corrected chi connectivity index (χ0v) is 25.8. The van der Waals surface area contributed by atoms with Crippen molar-refractivity contribution in [2.45, 2.75) is 100 Å². The average Bonchev–Trinajstić information content (AvgIpc) is 3.63. The number of nitrogens with one attached hydrogen (secondary N) is 2. The van der Waals surface area contributed by atoms with E-state index in [9.17, 15) is 26.4 Å². The van der Waals surface area contributed by atoms with Gasteiger partial charge < -0.3 is 15.2 Å². The molecule has 2 N–H and O–H groups in total. The van der Waals surface area contributed by atoms with Gasteiger partial charge in [0.1, 0.15) is 11.3 Å². The Morgan fingerprint density at radius 1 is 1.07 bits per heavy atom. The normalized spacial score (nSPS) is 22.1. The molecule has 0 aliphatic heterocycles. The largest absolute Gasteiger partial charge is 0.418 e. The van der Waals surface area contributed by atoms with Crippen LogP contribution in [0.1, 0.15) is 81.7 Å². The van der Waals surface area contributed by atoms with E-state index in [1.165, 1.54) is 30.5 Å². The lowest BCUT2D eigenvalue weighted by molar-refractivity contribution is -0.136. The molecule has 234 valence electrons. The number of amides is 1. The number of carbonyl (C=O) groups is 1. The van der Waals surface area contributed by atoms with Crippen LogP contribution in [-0.2, 0) is 27.2 Å². The summed E-state index contributed by atoms with van der Waals surface area (Å²) in [6.45, 7) is 4.20. The number of hydrogen-bond acceptors (Lipinski definition) is 5. The van der Waals surface area contributed by atoms with E-state index in [4.69, 9.17) is 0 Å². The zero-order chi connectivity index (χ0) is 30.9. The molecular formula is C32H41F3N4O3S. The Morgan fingerprint density at radius 2 is 1.77 bits per heavy atom. The Morgan fingerprint density at radius 3 is 2.42 bits per heavy atom. The monoisotopic (exact) mass is 618 g/mol. The molecule has 7 nitrogen and oxygen atoms in total. The number of aromatic nitrogens is 2. The fourth-order valence-corrected chi connectivity index (χ4v) is 8.47. The van der Waals surface area contributed by atoms with Crippen LogP contribution in [0.4, 0.5) is 13.2 Å². The van der Waals surface area contributed by atoms with Crippen LogP contribution >= 0.6 is 0 Å². The first-order chi connectivity index (χ1) is 20.3. The maximum Gasteiger partial charge on any atom is 0.418 e. The third kappa shape index (κ3) is 7.25. The van der Waals surface area contributed by atoms with Gasteiger partial charge in [0.05, 0.1) is 28.1 Å². The number of benzene rings is 2. The van der Waals surface area contributed by atoms with Crippen molar-refractivity contribution in [1.29, 1.82) is 0 Å². The molecule has 0 radical (unpaired) electrons. The van der Waals surface area contributed by atoms with Crippen LogP contribution in [0.2, 0.25) is 0 Å². The molecule has 2 fully saturated rings. The van der Waals surface area contributed by atoms with E-state index in [1.807, 2.05) is 19.2 Å². The molecule has 2 aliphatic rings. The van der Waals surface area contributed by atoms with Gasteiger partial charge in [-0.25, -0.2) is 13.4 Å².